The molecule has 1 heterocycles. The molecule has 0 radical (unpaired) electrons. The molecule has 4 heteroatoms. The molecule has 0 aliphatic rings. The standard InChI is InChI=1S/C23H27FN2O/c1-19(21-7-4-3-5-8-21)25(15-16-27-2)18-23-9-6-14-26(23)17-20-10-12-22(24)13-11-20/h3-14,19H,15-18H2,1-2H3. The lowest BCUT2D eigenvalue weighted by molar-refractivity contribution is 0.118. The maximum Gasteiger partial charge on any atom is 0.123 e. The summed E-state index contributed by atoms with van der Waals surface area (Å²) < 4.78 is 20.7. The summed E-state index contributed by atoms with van der Waals surface area (Å²) in [6.07, 6.45) is 2.08. The van der Waals surface area contributed by atoms with Crippen molar-refractivity contribution in [1.82, 2.24) is 9.47 Å². The number of methoxy groups -OCH3 is 1. The van der Waals surface area contributed by atoms with Crippen molar-refractivity contribution in [2.75, 3.05) is 20.3 Å². The van der Waals surface area contributed by atoms with Gasteiger partial charge in [-0.05, 0) is 42.3 Å². The number of aromatic nitrogens is 1. The van der Waals surface area contributed by atoms with Gasteiger partial charge >= 0.3 is 0 Å². The molecule has 2 aromatic carbocycles. The molecule has 0 N–H and O–H groups in total. The molecule has 1 atom stereocenters. The van der Waals surface area contributed by atoms with Crippen LogP contribution in [-0.2, 0) is 17.8 Å². The molecule has 0 amide bonds. The lowest BCUT2D eigenvalue weighted by Gasteiger charge is -2.29. The Bertz CT molecular complexity index is 814. The molecule has 0 saturated carbocycles. The summed E-state index contributed by atoms with van der Waals surface area (Å²) in [4.78, 5) is 2.43. The number of rotatable bonds is 9. The SMILES string of the molecule is COCCN(Cc1cccn1Cc1ccc(F)cc1)C(C)c1ccccc1. The van der Waals surface area contributed by atoms with Crippen LogP contribution in [-0.4, -0.2) is 29.7 Å². The topological polar surface area (TPSA) is 17.4 Å². The van der Waals surface area contributed by atoms with Crippen molar-refractivity contribution in [3.63, 3.8) is 0 Å². The van der Waals surface area contributed by atoms with Crippen molar-refractivity contribution >= 4 is 0 Å². The van der Waals surface area contributed by atoms with Gasteiger partial charge in [0.1, 0.15) is 5.82 Å². The van der Waals surface area contributed by atoms with E-state index >= 15 is 0 Å². The summed E-state index contributed by atoms with van der Waals surface area (Å²) in [6.45, 7) is 5.34. The molecule has 0 aliphatic carbocycles. The molecular formula is C23H27FN2O. The number of hydrogen-bond acceptors (Lipinski definition) is 2. The van der Waals surface area contributed by atoms with E-state index in [4.69, 9.17) is 4.74 Å². The van der Waals surface area contributed by atoms with E-state index in [1.165, 1.54) is 23.4 Å². The molecule has 0 spiro atoms. The quantitative estimate of drug-likeness (QED) is 0.537. The molecular weight excluding hydrogens is 339 g/mol. The molecule has 3 rings (SSSR count). The third kappa shape index (κ3) is 5.28. The summed E-state index contributed by atoms with van der Waals surface area (Å²) in [5.74, 6) is -0.200. The predicted octanol–water partition coefficient (Wildman–Crippen LogP) is 4.89. The minimum atomic E-state index is -0.200. The van der Waals surface area contributed by atoms with Gasteiger partial charge < -0.3 is 9.30 Å². The monoisotopic (exact) mass is 366 g/mol. The Hall–Kier alpha value is -2.43. The number of benzene rings is 2. The molecule has 0 fully saturated rings. The highest BCUT2D eigenvalue weighted by molar-refractivity contribution is 5.20. The van der Waals surface area contributed by atoms with Gasteiger partial charge in [-0.15, -0.1) is 0 Å². The number of ether oxygens (including phenoxy) is 1. The van der Waals surface area contributed by atoms with Crippen LogP contribution in [0.1, 0.15) is 29.8 Å². The normalized spacial score (nSPS) is 12.4. The van der Waals surface area contributed by atoms with E-state index in [2.05, 4.69) is 59.0 Å². The highest BCUT2D eigenvalue weighted by Gasteiger charge is 2.17. The average Bonchev–Trinajstić information content (AvgIpc) is 3.13. The van der Waals surface area contributed by atoms with Gasteiger partial charge in [0.05, 0.1) is 6.61 Å². The van der Waals surface area contributed by atoms with Gasteiger partial charge in [-0.1, -0.05) is 42.5 Å². The zero-order valence-electron chi connectivity index (χ0n) is 16.0. The van der Waals surface area contributed by atoms with Crippen LogP contribution < -0.4 is 0 Å². The second-order valence-electron chi connectivity index (χ2n) is 6.80. The van der Waals surface area contributed by atoms with E-state index in [1.54, 1.807) is 7.11 Å². The van der Waals surface area contributed by atoms with Crippen LogP contribution in [0.4, 0.5) is 4.39 Å². The second kappa shape index (κ2) is 9.49. The van der Waals surface area contributed by atoms with Gasteiger partial charge in [0.2, 0.25) is 0 Å². The first kappa shape index (κ1) is 19.3. The van der Waals surface area contributed by atoms with Crippen LogP contribution >= 0.6 is 0 Å². The molecule has 27 heavy (non-hydrogen) atoms. The van der Waals surface area contributed by atoms with Crippen molar-refractivity contribution in [3.8, 4) is 0 Å². The highest BCUT2D eigenvalue weighted by atomic mass is 19.1. The van der Waals surface area contributed by atoms with E-state index in [9.17, 15) is 4.39 Å². The Morgan fingerprint density at radius 1 is 1.00 bits per heavy atom. The number of halogens is 1. The zero-order chi connectivity index (χ0) is 19.1. The molecule has 0 bridgehead atoms. The smallest absolute Gasteiger partial charge is 0.123 e. The van der Waals surface area contributed by atoms with Gasteiger partial charge in [0.25, 0.3) is 0 Å². The predicted molar refractivity (Wildman–Crippen MR) is 107 cm³/mol. The number of nitrogens with zero attached hydrogens (tertiary/aromatic N) is 2. The summed E-state index contributed by atoms with van der Waals surface area (Å²) in [5, 5.41) is 0. The fraction of sp³-hybridized carbons (Fsp3) is 0.304. The summed E-state index contributed by atoms with van der Waals surface area (Å²) >= 11 is 0. The van der Waals surface area contributed by atoms with Gasteiger partial charge in [-0.2, -0.15) is 0 Å². The Morgan fingerprint density at radius 3 is 2.44 bits per heavy atom. The van der Waals surface area contributed by atoms with Crippen LogP contribution in [0.5, 0.6) is 0 Å². The van der Waals surface area contributed by atoms with Crippen molar-refractivity contribution in [2.24, 2.45) is 0 Å². The third-order valence-electron chi connectivity index (χ3n) is 4.97. The lowest BCUT2D eigenvalue weighted by Crippen LogP contribution is -2.31. The number of hydrogen-bond donors (Lipinski definition) is 0. The maximum atomic E-state index is 13.2. The maximum absolute atomic E-state index is 13.2. The van der Waals surface area contributed by atoms with Crippen LogP contribution in [0.25, 0.3) is 0 Å². The van der Waals surface area contributed by atoms with E-state index in [0.29, 0.717) is 6.61 Å². The summed E-state index contributed by atoms with van der Waals surface area (Å²) in [6, 6.07) is 21.8. The van der Waals surface area contributed by atoms with Crippen molar-refractivity contribution in [1.29, 1.82) is 0 Å². The van der Waals surface area contributed by atoms with Crippen molar-refractivity contribution in [2.45, 2.75) is 26.1 Å². The summed E-state index contributed by atoms with van der Waals surface area (Å²) in [5.41, 5.74) is 3.62. The third-order valence-corrected chi connectivity index (χ3v) is 4.97. The van der Waals surface area contributed by atoms with E-state index in [0.717, 1.165) is 25.2 Å². The van der Waals surface area contributed by atoms with Crippen molar-refractivity contribution in [3.05, 3.63) is 95.6 Å². The highest BCUT2D eigenvalue weighted by Crippen LogP contribution is 2.22. The second-order valence-corrected chi connectivity index (χ2v) is 6.80. The van der Waals surface area contributed by atoms with E-state index < -0.39 is 0 Å². The van der Waals surface area contributed by atoms with E-state index in [-0.39, 0.29) is 11.9 Å². The molecule has 3 aromatic rings. The fourth-order valence-electron chi connectivity index (χ4n) is 3.30. The Balaban J connectivity index is 1.76. The van der Waals surface area contributed by atoms with Gasteiger partial charge in [0.15, 0.2) is 0 Å². The molecule has 3 nitrogen and oxygen atoms in total. The van der Waals surface area contributed by atoms with Gasteiger partial charge in [-0.25, -0.2) is 4.39 Å². The Labute approximate surface area is 161 Å². The Morgan fingerprint density at radius 2 is 1.74 bits per heavy atom. The first-order valence-corrected chi connectivity index (χ1v) is 9.34. The van der Waals surface area contributed by atoms with Crippen LogP contribution in [0.15, 0.2) is 72.9 Å². The van der Waals surface area contributed by atoms with Crippen LogP contribution in [0.3, 0.4) is 0 Å². The first-order valence-electron chi connectivity index (χ1n) is 9.34. The summed E-state index contributed by atoms with van der Waals surface area (Å²) in [7, 11) is 1.74. The van der Waals surface area contributed by atoms with E-state index in [1.807, 2.05) is 18.2 Å². The molecule has 0 saturated heterocycles. The Kier molecular flexibility index (Phi) is 6.80. The van der Waals surface area contributed by atoms with Gasteiger partial charge in [0, 0.05) is 44.7 Å². The largest absolute Gasteiger partial charge is 0.383 e. The lowest BCUT2D eigenvalue weighted by atomic mass is 10.1. The molecule has 1 aromatic heterocycles. The minimum absolute atomic E-state index is 0.200. The molecule has 142 valence electrons. The fourth-order valence-corrected chi connectivity index (χ4v) is 3.30. The van der Waals surface area contributed by atoms with Gasteiger partial charge in [-0.3, -0.25) is 4.90 Å². The molecule has 0 aliphatic heterocycles. The van der Waals surface area contributed by atoms with Crippen LogP contribution in [0, 0.1) is 5.82 Å². The van der Waals surface area contributed by atoms with Crippen molar-refractivity contribution < 1.29 is 9.13 Å². The zero-order valence-corrected chi connectivity index (χ0v) is 16.0. The minimum Gasteiger partial charge on any atom is -0.383 e. The average molecular weight is 366 g/mol. The van der Waals surface area contributed by atoms with Crippen LogP contribution in [0.2, 0.25) is 0 Å². The first-order chi connectivity index (χ1) is 13.2. The molecule has 1 unspecified atom stereocenters.